The fourth-order valence-corrected chi connectivity index (χ4v) is 2.61. The second-order valence-electron chi connectivity index (χ2n) is 4.77. The van der Waals surface area contributed by atoms with Gasteiger partial charge in [0.25, 0.3) is 5.91 Å². The molecule has 0 saturated carbocycles. The average Bonchev–Trinajstić information content (AvgIpc) is 3.09. The van der Waals surface area contributed by atoms with Gasteiger partial charge in [0, 0.05) is 5.56 Å². The van der Waals surface area contributed by atoms with E-state index >= 15 is 0 Å². The lowest BCUT2D eigenvalue weighted by Gasteiger charge is -2.23. The Morgan fingerprint density at radius 3 is 2.67 bits per heavy atom. The van der Waals surface area contributed by atoms with E-state index < -0.39 is 30.0 Å². The molecule has 3 atom stereocenters. The Balaban J connectivity index is 1.97. The zero-order chi connectivity index (χ0) is 15.0. The molecule has 112 valence electrons. The van der Waals surface area contributed by atoms with Crippen molar-refractivity contribution in [1.29, 1.82) is 0 Å². The SMILES string of the molecule is COC(=O)C1NC2(OCc3ccccc32)OC1C(=O)OC. The Morgan fingerprint density at radius 1 is 1.24 bits per heavy atom. The Bertz CT molecular complexity index is 563. The van der Waals surface area contributed by atoms with Crippen LogP contribution in [0.4, 0.5) is 0 Å². The van der Waals surface area contributed by atoms with Gasteiger partial charge in [0.2, 0.25) is 0 Å². The first-order valence-corrected chi connectivity index (χ1v) is 6.45. The summed E-state index contributed by atoms with van der Waals surface area (Å²) in [7, 11) is 2.47. The van der Waals surface area contributed by atoms with Crippen molar-refractivity contribution < 1.29 is 28.5 Å². The third-order valence-electron chi connectivity index (χ3n) is 3.63. The number of nitrogens with one attached hydrogen (secondary N) is 1. The molecule has 1 aromatic carbocycles. The summed E-state index contributed by atoms with van der Waals surface area (Å²) in [6, 6.07) is 6.44. The summed E-state index contributed by atoms with van der Waals surface area (Å²) < 4.78 is 20.8. The molecule has 0 aliphatic carbocycles. The highest BCUT2D eigenvalue weighted by Crippen LogP contribution is 2.41. The van der Waals surface area contributed by atoms with E-state index in [9.17, 15) is 9.59 Å². The summed E-state index contributed by atoms with van der Waals surface area (Å²) in [6.07, 6.45) is -1.13. The van der Waals surface area contributed by atoms with Crippen LogP contribution in [0.2, 0.25) is 0 Å². The van der Waals surface area contributed by atoms with Crippen molar-refractivity contribution >= 4 is 11.9 Å². The van der Waals surface area contributed by atoms with Gasteiger partial charge in [-0.05, 0) is 5.56 Å². The topological polar surface area (TPSA) is 83.1 Å². The third-order valence-corrected chi connectivity index (χ3v) is 3.63. The van der Waals surface area contributed by atoms with Crippen LogP contribution in [0.5, 0.6) is 0 Å². The molecule has 0 aromatic heterocycles. The van der Waals surface area contributed by atoms with Gasteiger partial charge in [-0.15, -0.1) is 0 Å². The number of benzene rings is 1. The van der Waals surface area contributed by atoms with E-state index in [4.69, 9.17) is 14.2 Å². The summed E-state index contributed by atoms with van der Waals surface area (Å²) in [6.45, 7) is 0.324. The maximum atomic E-state index is 11.9. The summed E-state index contributed by atoms with van der Waals surface area (Å²) in [5, 5.41) is 2.92. The van der Waals surface area contributed by atoms with Gasteiger partial charge in [0.05, 0.1) is 20.8 Å². The minimum Gasteiger partial charge on any atom is -0.468 e. The molecular formula is C14H15NO6. The lowest BCUT2D eigenvalue weighted by Crippen LogP contribution is -2.47. The second-order valence-corrected chi connectivity index (χ2v) is 4.77. The monoisotopic (exact) mass is 293 g/mol. The van der Waals surface area contributed by atoms with E-state index in [1.54, 1.807) is 0 Å². The second kappa shape index (κ2) is 5.10. The van der Waals surface area contributed by atoms with Crippen molar-refractivity contribution in [3.8, 4) is 0 Å². The van der Waals surface area contributed by atoms with Crippen LogP contribution in [0.3, 0.4) is 0 Å². The van der Waals surface area contributed by atoms with Crippen LogP contribution >= 0.6 is 0 Å². The quantitative estimate of drug-likeness (QED) is 0.770. The zero-order valence-electron chi connectivity index (χ0n) is 11.6. The smallest absolute Gasteiger partial charge is 0.337 e. The van der Waals surface area contributed by atoms with Crippen molar-refractivity contribution in [3.63, 3.8) is 0 Å². The van der Waals surface area contributed by atoms with E-state index in [0.29, 0.717) is 6.61 Å². The maximum Gasteiger partial charge on any atom is 0.337 e. The minimum absolute atomic E-state index is 0.324. The van der Waals surface area contributed by atoms with Crippen molar-refractivity contribution in [1.82, 2.24) is 5.32 Å². The molecule has 0 bridgehead atoms. The molecule has 3 unspecified atom stereocenters. The molecule has 3 rings (SSSR count). The van der Waals surface area contributed by atoms with E-state index in [1.807, 2.05) is 24.3 Å². The van der Waals surface area contributed by atoms with Gasteiger partial charge in [0.15, 0.2) is 6.10 Å². The number of carbonyl (C=O) groups is 2. The third kappa shape index (κ3) is 2.10. The van der Waals surface area contributed by atoms with Gasteiger partial charge < -0.3 is 18.9 Å². The number of methoxy groups -OCH3 is 2. The number of hydrogen-bond donors (Lipinski definition) is 1. The standard InChI is InChI=1S/C14H15NO6/c1-18-12(16)10-11(13(17)19-2)21-14(15-10)9-6-4-3-5-8(9)7-20-14/h3-6,10-11,15H,7H2,1-2H3. The number of esters is 2. The van der Waals surface area contributed by atoms with Crippen LogP contribution in [0.25, 0.3) is 0 Å². The highest BCUT2D eigenvalue weighted by Gasteiger charge is 2.57. The van der Waals surface area contributed by atoms with Gasteiger partial charge in [0.1, 0.15) is 6.04 Å². The lowest BCUT2D eigenvalue weighted by atomic mass is 10.1. The molecule has 0 radical (unpaired) electrons. The Kier molecular flexibility index (Phi) is 3.40. The van der Waals surface area contributed by atoms with E-state index in [-0.39, 0.29) is 0 Å². The van der Waals surface area contributed by atoms with Crippen molar-refractivity contribution in [2.45, 2.75) is 24.7 Å². The fraction of sp³-hybridized carbons (Fsp3) is 0.429. The van der Waals surface area contributed by atoms with Gasteiger partial charge in [-0.25, -0.2) is 10.1 Å². The van der Waals surface area contributed by atoms with E-state index in [1.165, 1.54) is 14.2 Å². The van der Waals surface area contributed by atoms with E-state index in [2.05, 4.69) is 10.1 Å². The Hall–Kier alpha value is -1.96. The molecular weight excluding hydrogens is 278 g/mol. The molecule has 1 spiro atoms. The van der Waals surface area contributed by atoms with Crippen LogP contribution in [0.15, 0.2) is 24.3 Å². The predicted molar refractivity (Wildman–Crippen MR) is 68.7 cm³/mol. The Morgan fingerprint density at radius 2 is 1.95 bits per heavy atom. The lowest BCUT2D eigenvalue weighted by molar-refractivity contribution is -0.242. The van der Waals surface area contributed by atoms with Gasteiger partial charge in [-0.1, -0.05) is 24.3 Å². The van der Waals surface area contributed by atoms with Gasteiger partial charge in [-0.3, -0.25) is 4.79 Å². The molecule has 7 nitrogen and oxygen atoms in total. The predicted octanol–water partition coefficient (Wildman–Crippen LogP) is 0.0301. The maximum absolute atomic E-state index is 11.9. The highest BCUT2D eigenvalue weighted by atomic mass is 16.7. The number of ether oxygens (including phenoxy) is 4. The first-order chi connectivity index (χ1) is 10.1. The van der Waals surface area contributed by atoms with Gasteiger partial charge >= 0.3 is 11.9 Å². The van der Waals surface area contributed by atoms with Crippen LogP contribution in [-0.2, 0) is 41.1 Å². The molecule has 0 amide bonds. The number of hydrogen-bond acceptors (Lipinski definition) is 7. The molecule has 1 aromatic rings. The normalized spacial score (nSPS) is 30.2. The van der Waals surface area contributed by atoms with Crippen molar-refractivity contribution in [2.75, 3.05) is 14.2 Å². The molecule has 1 saturated heterocycles. The van der Waals surface area contributed by atoms with Crippen LogP contribution in [0, 0.1) is 0 Å². The summed E-state index contributed by atoms with van der Waals surface area (Å²) in [5.41, 5.74) is 1.67. The van der Waals surface area contributed by atoms with E-state index in [0.717, 1.165) is 11.1 Å². The van der Waals surface area contributed by atoms with Crippen molar-refractivity contribution in [2.24, 2.45) is 0 Å². The minimum atomic E-state index is -1.33. The molecule has 1 fully saturated rings. The summed E-state index contributed by atoms with van der Waals surface area (Å²) in [5.74, 6) is -2.60. The van der Waals surface area contributed by atoms with Crippen molar-refractivity contribution in [3.05, 3.63) is 35.4 Å². The van der Waals surface area contributed by atoms with Gasteiger partial charge in [-0.2, -0.15) is 0 Å². The number of carbonyl (C=O) groups excluding carboxylic acids is 2. The number of fused-ring (bicyclic) bond motifs is 2. The average molecular weight is 293 g/mol. The fourth-order valence-electron chi connectivity index (χ4n) is 2.61. The summed E-state index contributed by atoms with van der Waals surface area (Å²) >= 11 is 0. The highest BCUT2D eigenvalue weighted by molar-refractivity contribution is 5.87. The molecule has 2 aliphatic heterocycles. The zero-order valence-corrected chi connectivity index (χ0v) is 11.6. The summed E-state index contributed by atoms with van der Waals surface area (Å²) in [4.78, 5) is 23.7. The van der Waals surface area contributed by atoms with Crippen LogP contribution in [-0.4, -0.2) is 38.3 Å². The Labute approximate surface area is 121 Å². The molecule has 2 heterocycles. The first-order valence-electron chi connectivity index (χ1n) is 6.45. The first kappa shape index (κ1) is 14.0. The van der Waals surface area contributed by atoms with Crippen LogP contribution in [0.1, 0.15) is 11.1 Å². The molecule has 7 heteroatoms. The largest absolute Gasteiger partial charge is 0.468 e. The molecule has 1 N–H and O–H groups in total. The number of rotatable bonds is 2. The van der Waals surface area contributed by atoms with Crippen LogP contribution < -0.4 is 5.32 Å². The molecule has 21 heavy (non-hydrogen) atoms. The molecule has 2 aliphatic rings.